The van der Waals surface area contributed by atoms with Crippen LogP contribution in [0.1, 0.15) is 33.9 Å². The van der Waals surface area contributed by atoms with Gasteiger partial charge in [-0.15, -0.1) is 10.2 Å². The molecule has 1 amide bonds. The fourth-order valence-electron chi connectivity index (χ4n) is 5.04. The SMILES string of the molecule is COc1ccc(C2C(=C(O)c3ccc(OCc4ccccc4C)cc3)C(=O)C(=O)N2c2nnc(SCc3ccccc3Cl)s2)cc1. The molecule has 8 nitrogen and oxygen atoms in total. The number of hydrogen-bond donors (Lipinski definition) is 1. The topological polar surface area (TPSA) is 102 Å². The second-order valence-corrected chi connectivity index (χ2v) is 13.0. The monoisotopic (exact) mass is 669 g/mol. The number of aliphatic hydroxyl groups excluding tert-OH is 1. The highest BCUT2D eigenvalue weighted by Crippen LogP contribution is 2.44. The zero-order valence-corrected chi connectivity index (χ0v) is 27.2. The first kappa shape index (κ1) is 31.3. The van der Waals surface area contributed by atoms with Crippen LogP contribution in [0.4, 0.5) is 5.13 Å². The van der Waals surface area contributed by atoms with E-state index in [-0.39, 0.29) is 16.5 Å². The van der Waals surface area contributed by atoms with E-state index in [0.29, 0.717) is 44.3 Å². The zero-order valence-electron chi connectivity index (χ0n) is 24.8. The third kappa shape index (κ3) is 6.50. The molecule has 1 unspecified atom stereocenters. The number of nitrogens with zero attached hydrogens (tertiary/aromatic N) is 3. The molecule has 0 saturated carbocycles. The Labute approximate surface area is 279 Å². The Morgan fingerprint density at radius 3 is 2.28 bits per heavy atom. The van der Waals surface area contributed by atoms with Crippen molar-refractivity contribution in [3.05, 3.63) is 135 Å². The molecular weight excluding hydrogens is 642 g/mol. The lowest BCUT2D eigenvalue weighted by Gasteiger charge is -2.22. The first-order chi connectivity index (χ1) is 22.3. The quantitative estimate of drug-likeness (QED) is 0.0525. The molecular formula is C35H28ClN3O5S2. The highest BCUT2D eigenvalue weighted by Gasteiger charge is 2.48. The summed E-state index contributed by atoms with van der Waals surface area (Å²) in [5.74, 6) is -0.165. The summed E-state index contributed by atoms with van der Waals surface area (Å²) in [6.07, 6.45) is 0. The fraction of sp³-hybridized carbons (Fsp3) is 0.143. The first-order valence-electron chi connectivity index (χ1n) is 14.3. The Kier molecular flexibility index (Phi) is 9.39. The summed E-state index contributed by atoms with van der Waals surface area (Å²) in [7, 11) is 1.55. The maximum absolute atomic E-state index is 13.6. The van der Waals surface area contributed by atoms with Crippen molar-refractivity contribution < 1.29 is 24.2 Å². The van der Waals surface area contributed by atoms with E-state index in [0.717, 1.165) is 16.7 Å². The van der Waals surface area contributed by atoms with Crippen molar-refractivity contribution in [2.24, 2.45) is 0 Å². The van der Waals surface area contributed by atoms with Crippen LogP contribution in [0.15, 0.2) is 107 Å². The van der Waals surface area contributed by atoms with E-state index in [4.69, 9.17) is 21.1 Å². The number of ether oxygens (including phenoxy) is 2. The standard InChI is InChI=1S/C35H28ClN3O5S2/c1-21-7-3-4-8-24(21)19-44-27-17-13-23(14-18-27)31(40)29-30(22-11-15-26(43-2)16-12-22)39(33(42)32(29)41)34-37-38-35(46-34)45-20-25-9-5-6-10-28(25)36/h3-18,30,40H,19-20H2,1-2H3. The van der Waals surface area contributed by atoms with E-state index in [9.17, 15) is 14.7 Å². The molecule has 0 aliphatic carbocycles. The van der Waals surface area contributed by atoms with Crippen LogP contribution in [0.2, 0.25) is 5.02 Å². The molecule has 1 saturated heterocycles. The van der Waals surface area contributed by atoms with Crippen LogP contribution in [0, 0.1) is 6.92 Å². The van der Waals surface area contributed by atoms with Crippen molar-refractivity contribution in [2.45, 2.75) is 29.7 Å². The summed E-state index contributed by atoms with van der Waals surface area (Å²) in [5, 5.41) is 21.0. The number of amides is 1. The number of benzene rings is 4. The normalized spacial score (nSPS) is 15.7. The van der Waals surface area contributed by atoms with E-state index in [1.807, 2.05) is 55.5 Å². The van der Waals surface area contributed by atoms with E-state index in [1.165, 1.54) is 28.0 Å². The minimum absolute atomic E-state index is 0.0517. The first-order valence-corrected chi connectivity index (χ1v) is 16.4. The smallest absolute Gasteiger partial charge is 0.301 e. The number of anilines is 1. The number of aromatic nitrogens is 2. The predicted octanol–water partition coefficient (Wildman–Crippen LogP) is 8.01. The molecule has 232 valence electrons. The van der Waals surface area contributed by atoms with Gasteiger partial charge in [0.2, 0.25) is 5.13 Å². The minimum atomic E-state index is -0.947. The van der Waals surface area contributed by atoms with E-state index >= 15 is 0 Å². The third-order valence-electron chi connectivity index (χ3n) is 7.57. The van der Waals surface area contributed by atoms with Gasteiger partial charge < -0.3 is 14.6 Å². The summed E-state index contributed by atoms with van der Waals surface area (Å²) in [4.78, 5) is 28.5. The highest BCUT2D eigenvalue weighted by atomic mass is 35.5. The van der Waals surface area contributed by atoms with Gasteiger partial charge in [-0.25, -0.2) is 0 Å². The van der Waals surface area contributed by atoms with Gasteiger partial charge in [-0.2, -0.15) is 0 Å². The van der Waals surface area contributed by atoms with Crippen molar-refractivity contribution in [3.63, 3.8) is 0 Å². The number of hydrogen-bond acceptors (Lipinski definition) is 9. The van der Waals surface area contributed by atoms with Crippen molar-refractivity contribution in [3.8, 4) is 11.5 Å². The number of carbonyl (C=O) groups is 2. The van der Waals surface area contributed by atoms with Crippen LogP contribution in [0.5, 0.6) is 11.5 Å². The van der Waals surface area contributed by atoms with Crippen LogP contribution in [-0.2, 0) is 21.9 Å². The summed E-state index contributed by atoms with van der Waals surface area (Å²) in [6.45, 7) is 2.41. The van der Waals surface area contributed by atoms with Gasteiger partial charge in [-0.3, -0.25) is 14.5 Å². The Bertz CT molecular complexity index is 1930. The maximum atomic E-state index is 13.6. The molecule has 4 aromatic carbocycles. The molecule has 46 heavy (non-hydrogen) atoms. The maximum Gasteiger partial charge on any atom is 0.301 e. The van der Waals surface area contributed by atoms with Crippen molar-refractivity contribution in [1.29, 1.82) is 0 Å². The third-order valence-corrected chi connectivity index (χ3v) is 10.0. The number of ketones is 1. The van der Waals surface area contributed by atoms with Gasteiger partial charge >= 0.3 is 5.91 Å². The van der Waals surface area contributed by atoms with Crippen LogP contribution < -0.4 is 14.4 Å². The molecule has 1 aromatic heterocycles. The molecule has 1 aliphatic heterocycles. The zero-order chi connectivity index (χ0) is 32.2. The van der Waals surface area contributed by atoms with Crippen LogP contribution in [0.25, 0.3) is 5.76 Å². The number of Topliss-reactive ketones (excluding diaryl/α,β-unsaturated/α-hetero) is 1. The van der Waals surface area contributed by atoms with E-state index in [1.54, 1.807) is 55.6 Å². The Morgan fingerprint density at radius 2 is 1.59 bits per heavy atom. The van der Waals surface area contributed by atoms with E-state index < -0.39 is 17.7 Å². The van der Waals surface area contributed by atoms with Gasteiger partial charge in [-0.1, -0.05) is 89.3 Å². The van der Waals surface area contributed by atoms with Gasteiger partial charge in [0, 0.05) is 16.3 Å². The summed E-state index contributed by atoms with van der Waals surface area (Å²) in [5.41, 5.74) is 4.05. The Hall–Kier alpha value is -4.64. The molecule has 1 atom stereocenters. The predicted molar refractivity (Wildman–Crippen MR) is 181 cm³/mol. The largest absolute Gasteiger partial charge is 0.507 e. The second kappa shape index (κ2) is 13.8. The Balaban J connectivity index is 1.31. The number of aliphatic hydroxyl groups is 1. The summed E-state index contributed by atoms with van der Waals surface area (Å²) in [6, 6.07) is 28.3. The average molecular weight is 670 g/mol. The molecule has 6 rings (SSSR count). The van der Waals surface area contributed by atoms with Gasteiger partial charge in [-0.05, 0) is 71.6 Å². The van der Waals surface area contributed by atoms with Crippen molar-refractivity contribution >= 4 is 57.3 Å². The van der Waals surface area contributed by atoms with Gasteiger partial charge in [0.05, 0.1) is 18.7 Å². The molecule has 11 heteroatoms. The number of thioether (sulfide) groups is 1. The lowest BCUT2D eigenvalue weighted by molar-refractivity contribution is -0.132. The van der Waals surface area contributed by atoms with Crippen molar-refractivity contribution in [1.82, 2.24) is 10.2 Å². The second-order valence-electron chi connectivity index (χ2n) is 10.4. The van der Waals surface area contributed by atoms with Crippen molar-refractivity contribution in [2.75, 3.05) is 12.0 Å². The van der Waals surface area contributed by atoms with Crippen LogP contribution in [-0.4, -0.2) is 34.1 Å². The fourth-order valence-corrected chi connectivity index (χ4v) is 7.20. The number of halogens is 1. The molecule has 1 fully saturated rings. The number of aryl methyl sites for hydroxylation is 1. The number of rotatable bonds is 10. The highest BCUT2D eigenvalue weighted by molar-refractivity contribution is 8.00. The molecule has 1 aliphatic rings. The lowest BCUT2D eigenvalue weighted by atomic mass is 9.95. The molecule has 1 N–H and O–H groups in total. The van der Waals surface area contributed by atoms with Gasteiger partial charge in [0.25, 0.3) is 5.78 Å². The average Bonchev–Trinajstić information content (AvgIpc) is 3.65. The summed E-state index contributed by atoms with van der Waals surface area (Å²) >= 11 is 8.93. The Morgan fingerprint density at radius 1 is 0.913 bits per heavy atom. The van der Waals surface area contributed by atoms with Gasteiger partial charge in [0.15, 0.2) is 4.34 Å². The van der Waals surface area contributed by atoms with E-state index in [2.05, 4.69) is 10.2 Å². The number of carbonyl (C=O) groups excluding carboxylic acids is 2. The van der Waals surface area contributed by atoms with Crippen LogP contribution >= 0.6 is 34.7 Å². The minimum Gasteiger partial charge on any atom is -0.507 e. The number of methoxy groups -OCH3 is 1. The lowest BCUT2D eigenvalue weighted by Crippen LogP contribution is -2.29. The molecule has 0 spiro atoms. The summed E-state index contributed by atoms with van der Waals surface area (Å²) < 4.78 is 11.9. The molecule has 0 radical (unpaired) electrons. The molecule has 5 aromatic rings. The van der Waals surface area contributed by atoms with Gasteiger partial charge in [0.1, 0.15) is 23.9 Å². The van der Waals surface area contributed by atoms with Crippen LogP contribution in [0.3, 0.4) is 0 Å². The molecule has 2 heterocycles. The molecule has 0 bridgehead atoms.